The molecule has 168 valence electrons. The normalized spacial score (nSPS) is 16.6. The first kappa shape index (κ1) is 22.8. The Bertz CT molecular complexity index is 982. The van der Waals surface area contributed by atoms with Crippen LogP contribution in [0.4, 0.5) is 5.95 Å². The van der Waals surface area contributed by atoms with Gasteiger partial charge >= 0.3 is 0 Å². The molecule has 9 nitrogen and oxygen atoms in total. The van der Waals surface area contributed by atoms with Crippen molar-refractivity contribution >= 4 is 21.7 Å². The summed E-state index contributed by atoms with van der Waals surface area (Å²) in [5.41, 5.74) is 0.285. The average molecular weight is 449 g/mol. The maximum atomic E-state index is 12.1. The minimum absolute atomic E-state index is 0.0297. The van der Waals surface area contributed by atoms with E-state index in [0.717, 1.165) is 37.1 Å². The van der Waals surface area contributed by atoms with Crippen LogP contribution in [-0.2, 0) is 9.84 Å². The van der Waals surface area contributed by atoms with Gasteiger partial charge in [-0.15, -0.1) is 0 Å². The number of para-hydroxylation sites is 2. The number of amides is 1. The Kier molecular flexibility index (Phi) is 7.67. The van der Waals surface area contributed by atoms with Crippen LogP contribution in [0.15, 0.2) is 36.7 Å². The molecule has 1 aromatic heterocycles. The van der Waals surface area contributed by atoms with Crippen LogP contribution < -0.4 is 19.7 Å². The molecule has 2 aromatic rings. The SMILES string of the molecule is CCOc1ccccc1OC1CCCN(c2ncc(C(=O)NCCS(C)(=O)=O)cn2)C1. The molecule has 3 rings (SSSR count). The van der Waals surface area contributed by atoms with Crippen molar-refractivity contribution in [3.63, 3.8) is 0 Å². The van der Waals surface area contributed by atoms with E-state index in [-0.39, 0.29) is 24.0 Å². The maximum Gasteiger partial charge on any atom is 0.254 e. The first-order valence-corrected chi connectivity index (χ1v) is 12.3. The van der Waals surface area contributed by atoms with E-state index in [9.17, 15) is 13.2 Å². The van der Waals surface area contributed by atoms with E-state index < -0.39 is 15.7 Å². The number of hydrogen-bond donors (Lipinski definition) is 1. The molecule has 0 saturated carbocycles. The summed E-state index contributed by atoms with van der Waals surface area (Å²) in [6, 6.07) is 7.62. The topological polar surface area (TPSA) is 111 Å². The number of rotatable bonds is 9. The second-order valence-electron chi connectivity index (χ2n) is 7.37. The predicted molar refractivity (Wildman–Crippen MR) is 118 cm³/mol. The highest BCUT2D eigenvalue weighted by Gasteiger charge is 2.24. The Morgan fingerprint density at radius 3 is 2.61 bits per heavy atom. The fourth-order valence-electron chi connectivity index (χ4n) is 3.27. The van der Waals surface area contributed by atoms with Crippen LogP contribution in [-0.4, -0.2) is 68.6 Å². The molecule has 0 radical (unpaired) electrons. The van der Waals surface area contributed by atoms with E-state index >= 15 is 0 Å². The van der Waals surface area contributed by atoms with Gasteiger partial charge in [0.25, 0.3) is 5.91 Å². The molecule has 1 aromatic carbocycles. The predicted octanol–water partition coefficient (Wildman–Crippen LogP) is 1.70. The van der Waals surface area contributed by atoms with Crippen LogP contribution in [0.3, 0.4) is 0 Å². The Labute approximate surface area is 182 Å². The summed E-state index contributed by atoms with van der Waals surface area (Å²) >= 11 is 0. The molecule has 10 heteroatoms. The third kappa shape index (κ3) is 6.81. The smallest absolute Gasteiger partial charge is 0.254 e. The fraction of sp³-hybridized carbons (Fsp3) is 0.476. The second kappa shape index (κ2) is 10.4. The lowest BCUT2D eigenvalue weighted by molar-refractivity contribution is 0.0955. The Hall–Kier alpha value is -2.88. The molecule has 1 aliphatic rings. The van der Waals surface area contributed by atoms with Gasteiger partial charge < -0.3 is 19.7 Å². The van der Waals surface area contributed by atoms with E-state index in [2.05, 4.69) is 15.3 Å². The summed E-state index contributed by atoms with van der Waals surface area (Å²) in [4.78, 5) is 22.8. The molecule has 1 aliphatic heterocycles. The van der Waals surface area contributed by atoms with Gasteiger partial charge in [0.05, 0.1) is 24.5 Å². The summed E-state index contributed by atoms with van der Waals surface area (Å²) in [6.45, 7) is 3.98. The number of aromatic nitrogens is 2. The molecule has 2 heterocycles. The summed E-state index contributed by atoms with van der Waals surface area (Å²) in [7, 11) is -3.13. The molecule has 0 spiro atoms. The maximum absolute atomic E-state index is 12.1. The molecule has 1 amide bonds. The number of anilines is 1. The lowest BCUT2D eigenvalue weighted by Gasteiger charge is -2.33. The standard InChI is InChI=1S/C21H28N4O5S/c1-3-29-18-8-4-5-9-19(18)30-17-7-6-11-25(15-17)21-23-13-16(14-24-21)20(26)22-10-12-31(2,27)28/h4-5,8-9,13-14,17H,3,6-7,10-12,15H2,1-2H3,(H,22,26). The average Bonchev–Trinajstić information content (AvgIpc) is 2.75. The monoisotopic (exact) mass is 448 g/mol. The number of hydrogen-bond acceptors (Lipinski definition) is 8. The first-order chi connectivity index (χ1) is 14.9. The molecule has 0 aliphatic carbocycles. The van der Waals surface area contributed by atoms with Crippen molar-refractivity contribution in [1.82, 2.24) is 15.3 Å². The van der Waals surface area contributed by atoms with Crippen molar-refractivity contribution in [2.45, 2.75) is 25.9 Å². The van der Waals surface area contributed by atoms with Gasteiger partial charge in [-0.1, -0.05) is 12.1 Å². The highest BCUT2D eigenvalue weighted by molar-refractivity contribution is 7.90. The highest BCUT2D eigenvalue weighted by atomic mass is 32.2. The van der Waals surface area contributed by atoms with Crippen molar-refractivity contribution in [3.8, 4) is 11.5 Å². The molecule has 1 N–H and O–H groups in total. The molecular weight excluding hydrogens is 420 g/mol. The molecule has 1 fully saturated rings. The first-order valence-electron chi connectivity index (χ1n) is 10.3. The van der Waals surface area contributed by atoms with E-state index in [1.165, 1.54) is 12.4 Å². The van der Waals surface area contributed by atoms with Crippen LogP contribution in [0.1, 0.15) is 30.1 Å². The molecular formula is C21H28N4O5S. The van der Waals surface area contributed by atoms with Gasteiger partial charge in [-0.2, -0.15) is 0 Å². The number of nitrogens with one attached hydrogen (secondary N) is 1. The quantitative estimate of drug-likeness (QED) is 0.617. The van der Waals surface area contributed by atoms with Crippen molar-refractivity contribution in [1.29, 1.82) is 0 Å². The van der Waals surface area contributed by atoms with Gasteiger partial charge in [0.1, 0.15) is 15.9 Å². The summed E-state index contributed by atoms with van der Waals surface area (Å²) in [6.07, 6.45) is 5.84. The Morgan fingerprint density at radius 2 is 1.94 bits per heavy atom. The zero-order valence-corrected chi connectivity index (χ0v) is 18.6. The Balaban J connectivity index is 1.58. The van der Waals surface area contributed by atoms with Gasteiger partial charge in [-0.05, 0) is 31.9 Å². The van der Waals surface area contributed by atoms with Crippen LogP contribution in [0.25, 0.3) is 0 Å². The van der Waals surface area contributed by atoms with E-state index in [1.54, 1.807) is 0 Å². The largest absolute Gasteiger partial charge is 0.490 e. The molecule has 1 saturated heterocycles. The number of sulfone groups is 1. The van der Waals surface area contributed by atoms with Gasteiger partial charge in [0, 0.05) is 31.7 Å². The minimum atomic E-state index is -3.13. The zero-order valence-electron chi connectivity index (χ0n) is 17.8. The fourth-order valence-corrected chi connectivity index (χ4v) is 3.74. The molecule has 1 atom stereocenters. The number of carbonyl (C=O) groups is 1. The van der Waals surface area contributed by atoms with Gasteiger partial charge in [-0.25, -0.2) is 18.4 Å². The van der Waals surface area contributed by atoms with E-state index in [1.807, 2.05) is 36.1 Å². The van der Waals surface area contributed by atoms with Gasteiger partial charge in [-0.3, -0.25) is 4.79 Å². The van der Waals surface area contributed by atoms with Crippen LogP contribution in [0, 0.1) is 0 Å². The van der Waals surface area contributed by atoms with Crippen LogP contribution in [0.2, 0.25) is 0 Å². The molecule has 1 unspecified atom stereocenters. The minimum Gasteiger partial charge on any atom is -0.490 e. The van der Waals surface area contributed by atoms with Crippen molar-refractivity contribution in [2.24, 2.45) is 0 Å². The zero-order chi connectivity index (χ0) is 22.3. The number of benzene rings is 1. The van der Waals surface area contributed by atoms with Crippen molar-refractivity contribution in [3.05, 3.63) is 42.2 Å². The second-order valence-corrected chi connectivity index (χ2v) is 9.63. The van der Waals surface area contributed by atoms with Crippen molar-refractivity contribution < 1.29 is 22.7 Å². The lowest BCUT2D eigenvalue weighted by Crippen LogP contribution is -2.42. The highest BCUT2D eigenvalue weighted by Crippen LogP contribution is 2.29. The number of ether oxygens (including phenoxy) is 2. The van der Waals surface area contributed by atoms with Crippen LogP contribution in [0.5, 0.6) is 11.5 Å². The van der Waals surface area contributed by atoms with Crippen molar-refractivity contribution in [2.75, 3.05) is 43.1 Å². The Morgan fingerprint density at radius 1 is 1.23 bits per heavy atom. The number of carbonyl (C=O) groups excluding carboxylic acids is 1. The number of nitrogens with zero attached hydrogens (tertiary/aromatic N) is 3. The molecule has 0 bridgehead atoms. The third-order valence-electron chi connectivity index (χ3n) is 4.76. The summed E-state index contributed by atoms with van der Waals surface area (Å²) in [5.74, 6) is 1.46. The summed E-state index contributed by atoms with van der Waals surface area (Å²) < 4.78 is 34.2. The lowest BCUT2D eigenvalue weighted by atomic mass is 10.1. The third-order valence-corrected chi connectivity index (χ3v) is 5.71. The van der Waals surface area contributed by atoms with Gasteiger partial charge in [0.2, 0.25) is 5.95 Å². The van der Waals surface area contributed by atoms with E-state index in [0.29, 0.717) is 19.1 Å². The number of piperidine rings is 1. The molecule has 31 heavy (non-hydrogen) atoms. The van der Waals surface area contributed by atoms with Gasteiger partial charge in [0.15, 0.2) is 11.5 Å². The van der Waals surface area contributed by atoms with E-state index in [4.69, 9.17) is 9.47 Å². The summed E-state index contributed by atoms with van der Waals surface area (Å²) in [5, 5.41) is 2.56. The van der Waals surface area contributed by atoms with Crippen LogP contribution >= 0.6 is 0 Å².